The van der Waals surface area contributed by atoms with Gasteiger partial charge in [0.15, 0.2) is 0 Å². The van der Waals surface area contributed by atoms with Gasteiger partial charge in [-0.15, -0.1) is 0 Å². The summed E-state index contributed by atoms with van der Waals surface area (Å²) in [6.45, 7) is 5.70. The molecule has 1 heterocycles. The van der Waals surface area contributed by atoms with E-state index in [9.17, 15) is 0 Å². The zero-order valence-corrected chi connectivity index (χ0v) is 12.7. The minimum Gasteiger partial charge on any atom is -0.497 e. The molecule has 3 nitrogen and oxygen atoms in total. The van der Waals surface area contributed by atoms with Gasteiger partial charge in [0.05, 0.1) is 7.11 Å². The molecule has 1 unspecified atom stereocenters. The predicted octanol–water partition coefficient (Wildman–Crippen LogP) is 2.80. The lowest BCUT2D eigenvalue weighted by Gasteiger charge is -2.45. The van der Waals surface area contributed by atoms with Crippen LogP contribution in [0.15, 0.2) is 24.3 Å². The first-order chi connectivity index (χ1) is 9.71. The Kier molecular flexibility index (Phi) is 3.99. The molecule has 0 bridgehead atoms. The maximum atomic E-state index is 5.23. The van der Waals surface area contributed by atoms with E-state index in [-0.39, 0.29) is 0 Å². The Morgan fingerprint density at radius 1 is 1.25 bits per heavy atom. The summed E-state index contributed by atoms with van der Waals surface area (Å²) in [5, 5.41) is 3.82. The van der Waals surface area contributed by atoms with Crippen LogP contribution < -0.4 is 10.1 Å². The lowest BCUT2D eigenvalue weighted by Crippen LogP contribution is -2.61. The minimum absolute atomic E-state index is 0.402. The molecular weight excluding hydrogens is 248 g/mol. The molecule has 3 rings (SSSR count). The number of hydrogen-bond donors (Lipinski definition) is 1. The molecule has 1 atom stereocenters. The SMILES string of the molecule is COc1ccc(CN2CC3(CCCC3)NCC2C)cc1. The molecule has 1 N–H and O–H groups in total. The molecular formula is C17H26N2O. The van der Waals surface area contributed by atoms with Crippen molar-refractivity contribution in [2.75, 3.05) is 20.2 Å². The highest BCUT2D eigenvalue weighted by Crippen LogP contribution is 2.33. The van der Waals surface area contributed by atoms with Crippen LogP contribution in [0.25, 0.3) is 0 Å². The normalized spacial score (nSPS) is 26.0. The second-order valence-corrected chi connectivity index (χ2v) is 6.47. The summed E-state index contributed by atoms with van der Waals surface area (Å²) in [5.74, 6) is 0.939. The number of nitrogens with one attached hydrogen (secondary N) is 1. The van der Waals surface area contributed by atoms with Crippen LogP contribution in [-0.4, -0.2) is 36.7 Å². The minimum atomic E-state index is 0.402. The van der Waals surface area contributed by atoms with E-state index < -0.39 is 0 Å². The van der Waals surface area contributed by atoms with Gasteiger partial charge in [0, 0.05) is 31.2 Å². The summed E-state index contributed by atoms with van der Waals surface area (Å²) in [6, 6.07) is 9.12. The standard InChI is InChI=1S/C17H26N2O/c1-14-11-18-17(9-3-4-10-17)13-19(14)12-15-5-7-16(20-2)8-6-15/h5-8,14,18H,3-4,9-13H2,1-2H3. The predicted molar refractivity (Wildman–Crippen MR) is 82.1 cm³/mol. The molecule has 110 valence electrons. The van der Waals surface area contributed by atoms with E-state index in [0.717, 1.165) is 18.8 Å². The Labute approximate surface area is 122 Å². The van der Waals surface area contributed by atoms with Crippen molar-refractivity contribution in [2.45, 2.75) is 50.7 Å². The van der Waals surface area contributed by atoms with Gasteiger partial charge in [0.1, 0.15) is 5.75 Å². The second kappa shape index (κ2) is 5.74. The molecule has 1 spiro atoms. The van der Waals surface area contributed by atoms with Crippen molar-refractivity contribution in [3.05, 3.63) is 29.8 Å². The van der Waals surface area contributed by atoms with Crippen LogP contribution in [0.5, 0.6) is 5.75 Å². The third-order valence-corrected chi connectivity index (χ3v) is 5.01. The summed E-state index contributed by atoms with van der Waals surface area (Å²) in [4.78, 5) is 2.64. The largest absolute Gasteiger partial charge is 0.497 e. The number of rotatable bonds is 3. The average molecular weight is 274 g/mol. The first kappa shape index (κ1) is 13.9. The van der Waals surface area contributed by atoms with Crippen LogP contribution in [0.4, 0.5) is 0 Å². The fourth-order valence-electron chi connectivity index (χ4n) is 3.66. The Morgan fingerprint density at radius 3 is 2.60 bits per heavy atom. The van der Waals surface area contributed by atoms with Gasteiger partial charge in [-0.1, -0.05) is 25.0 Å². The molecule has 0 amide bonds. The van der Waals surface area contributed by atoms with Crippen LogP contribution >= 0.6 is 0 Å². The number of ether oxygens (including phenoxy) is 1. The highest BCUT2D eigenvalue weighted by Gasteiger charge is 2.39. The molecule has 20 heavy (non-hydrogen) atoms. The monoisotopic (exact) mass is 274 g/mol. The van der Waals surface area contributed by atoms with E-state index in [0.29, 0.717) is 11.6 Å². The van der Waals surface area contributed by atoms with Gasteiger partial charge in [0.2, 0.25) is 0 Å². The third-order valence-electron chi connectivity index (χ3n) is 5.01. The average Bonchev–Trinajstić information content (AvgIpc) is 2.92. The smallest absolute Gasteiger partial charge is 0.118 e. The van der Waals surface area contributed by atoms with Crippen molar-refractivity contribution < 1.29 is 4.74 Å². The first-order valence-corrected chi connectivity index (χ1v) is 7.83. The summed E-state index contributed by atoms with van der Waals surface area (Å²) >= 11 is 0. The lowest BCUT2D eigenvalue weighted by molar-refractivity contribution is 0.0826. The lowest BCUT2D eigenvalue weighted by atomic mass is 9.92. The Morgan fingerprint density at radius 2 is 1.95 bits per heavy atom. The second-order valence-electron chi connectivity index (χ2n) is 6.47. The Bertz CT molecular complexity index is 437. The van der Waals surface area contributed by atoms with Crippen LogP contribution in [0, 0.1) is 0 Å². The number of hydrogen-bond acceptors (Lipinski definition) is 3. The van der Waals surface area contributed by atoms with Crippen molar-refractivity contribution in [1.29, 1.82) is 0 Å². The topological polar surface area (TPSA) is 24.5 Å². The summed E-state index contributed by atoms with van der Waals surface area (Å²) in [7, 11) is 1.72. The van der Waals surface area contributed by atoms with Gasteiger partial charge in [-0.2, -0.15) is 0 Å². The van der Waals surface area contributed by atoms with Crippen molar-refractivity contribution in [3.63, 3.8) is 0 Å². The zero-order chi connectivity index (χ0) is 14.0. The van der Waals surface area contributed by atoms with Gasteiger partial charge >= 0.3 is 0 Å². The quantitative estimate of drug-likeness (QED) is 0.917. The van der Waals surface area contributed by atoms with Crippen molar-refractivity contribution in [2.24, 2.45) is 0 Å². The fraction of sp³-hybridized carbons (Fsp3) is 0.647. The number of piperazine rings is 1. The molecule has 2 fully saturated rings. The van der Waals surface area contributed by atoms with E-state index in [1.165, 1.54) is 37.8 Å². The fourth-order valence-corrected chi connectivity index (χ4v) is 3.66. The van der Waals surface area contributed by atoms with Crippen LogP contribution in [0.2, 0.25) is 0 Å². The summed E-state index contributed by atoms with van der Waals surface area (Å²) < 4.78 is 5.23. The van der Waals surface area contributed by atoms with Gasteiger partial charge in [-0.3, -0.25) is 4.90 Å². The van der Waals surface area contributed by atoms with Crippen LogP contribution in [-0.2, 0) is 6.54 Å². The van der Waals surface area contributed by atoms with Gasteiger partial charge in [-0.05, 0) is 37.5 Å². The molecule has 3 heteroatoms. The van der Waals surface area contributed by atoms with Gasteiger partial charge in [0.25, 0.3) is 0 Å². The number of methoxy groups -OCH3 is 1. The highest BCUT2D eigenvalue weighted by molar-refractivity contribution is 5.27. The number of benzene rings is 1. The molecule has 1 aromatic carbocycles. The molecule has 1 aliphatic carbocycles. The van der Waals surface area contributed by atoms with Crippen LogP contribution in [0.1, 0.15) is 38.2 Å². The summed E-state index contributed by atoms with van der Waals surface area (Å²) in [6.07, 6.45) is 5.47. The zero-order valence-electron chi connectivity index (χ0n) is 12.7. The molecule has 0 radical (unpaired) electrons. The molecule has 2 aliphatic rings. The van der Waals surface area contributed by atoms with E-state index in [1.807, 2.05) is 0 Å². The van der Waals surface area contributed by atoms with Crippen molar-refractivity contribution >= 4 is 0 Å². The van der Waals surface area contributed by atoms with Gasteiger partial charge < -0.3 is 10.1 Å². The van der Waals surface area contributed by atoms with E-state index in [1.54, 1.807) is 7.11 Å². The number of nitrogens with zero attached hydrogens (tertiary/aromatic N) is 1. The Balaban J connectivity index is 1.67. The maximum Gasteiger partial charge on any atom is 0.118 e. The van der Waals surface area contributed by atoms with E-state index >= 15 is 0 Å². The molecule has 1 aliphatic heterocycles. The van der Waals surface area contributed by atoms with Crippen molar-refractivity contribution in [1.82, 2.24) is 10.2 Å². The maximum absolute atomic E-state index is 5.23. The van der Waals surface area contributed by atoms with E-state index in [2.05, 4.69) is 41.4 Å². The Hall–Kier alpha value is -1.06. The summed E-state index contributed by atoms with van der Waals surface area (Å²) in [5.41, 5.74) is 1.78. The first-order valence-electron chi connectivity index (χ1n) is 7.83. The van der Waals surface area contributed by atoms with Crippen molar-refractivity contribution in [3.8, 4) is 5.75 Å². The molecule has 1 saturated heterocycles. The molecule has 1 saturated carbocycles. The van der Waals surface area contributed by atoms with Crippen LogP contribution in [0.3, 0.4) is 0 Å². The molecule has 0 aromatic heterocycles. The third kappa shape index (κ3) is 2.84. The molecule has 1 aromatic rings. The van der Waals surface area contributed by atoms with Gasteiger partial charge in [-0.25, -0.2) is 0 Å². The highest BCUT2D eigenvalue weighted by atomic mass is 16.5. The van der Waals surface area contributed by atoms with E-state index in [4.69, 9.17) is 4.74 Å².